The van der Waals surface area contributed by atoms with Gasteiger partial charge in [-0.1, -0.05) is 18.2 Å². The van der Waals surface area contributed by atoms with Gasteiger partial charge in [-0.15, -0.1) is 0 Å². The van der Waals surface area contributed by atoms with E-state index in [9.17, 15) is 0 Å². The van der Waals surface area contributed by atoms with Gasteiger partial charge in [-0.05, 0) is 102 Å². The summed E-state index contributed by atoms with van der Waals surface area (Å²) in [6, 6.07) is 6.14. The van der Waals surface area contributed by atoms with Crippen LogP contribution in [0.25, 0.3) is 0 Å². The third kappa shape index (κ3) is 6.63. The Morgan fingerprint density at radius 2 is 1.97 bits per heavy atom. The van der Waals surface area contributed by atoms with Gasteiger partial charge in [0.1, 0.15) is 18.0 Å². The van der Waals surface area contributed by atoms with E-state index in [0.717, 1.165) is 34.7 Å². The molecule has 1 aliphatic rings. The summed E-state index contributed by atoms with van der Waals surface area (Å²) in [4.78, 5) is 5.55. The van der Waals surface area contributed by atoms with E-state index in [1.165, 1.54) is 24.0 Å². The van der Waals surface area contributed by atoms with Crippen molar-refractivity contribution in [2.45, 2.75) is 73.3 Å². The minimum absolute atomic E-state index is 0.304. The van der Waals surface area contributed by atoms with Gasteiger partial charge in [0.25, 0.3) is 0 Å². The summed E-state index contributed by atoms with van der Waals surface area (Å²) in [5, 5.41) is 6.00. The molecule has 0 heterocycles. The van der Waals surface area contributed by atoms with Crippen molar-refractivity contribution in [3.8, 4) is 5.75 Å². The number of ether oxygens (including phenoxy) is 1. The molecule has 1 saturated carbocycles. The van der Waals surface area contributed by atoms with Gasteiger partial charge in [-0.3, -0.25) is 0 Å². The Bertz CT molecular complexity index is 825. The molecule has 0 amide bonds. The number of allylic oxidation sites excluding steroid dienone is 2. The first-order valence-corrected chi connectivity index (χ1v) is 10.9. The second-order valence-electron chi connectivity index (χ2n) is 9.06. The van der Waals surface area contributed by atoms with Crippen molar-refractivity contribution in [3.63, 3.8) is 0 Å². The molecule has 1 fully saturated rings. The molecule has 5 nitrogen and oxygen atoms in total. The number of nitrogens with zero attached hydrogens (tertiary/aromatic N) is 2. The van der Waals surface area contributed by atoms with E-state index in [1.807, 2.05) is 46.9 Å². The molecule has 0 bridgehead atoms. The van der Waals surface area contributed by atoms with Gasteiger partial charge in [0.2, 0.25) is 0 Å². The number of aryl methyl sites for hydroxylation is 1. The molecule has 0 radical (unpaired) electrons. The number of benzene rings is 1. The second-order valence-corrected chi connectivity index (χ2v) is 9.06. The molecule has 1 aliphatic carbocycles. The van der Waals surface area contributed by atoms with Crippen LogP contribution in [0.1, 0.15) is 71.9 Å². The summed E-state index contributed by atoms with van der Waals surface area (Å²) in [7, 11) is 1.90. The Kier molecular flexibility index (Phi) is 8.13. The molecule has 0 atom stereocenters. The number of rotatable bonds is 9. The summed E-state index contributed by atoms with van der Waals surface area (Å²) in [5.41, 5.74) is 6.37. The van der Waals surface area contributed by atoms with Crippen LogP contribution in [0.2, 0.25) is 0 Å². The molecule has 0 aromatic heterocycles. The predicted molar refractivity (Wildman–Crippen MR) is 125 cm³/mol. The zero-order chi connectivity index (χ0) is 22.5. The van der Waals surface area contributed by atoms with Crippen LogP contribution in [0.3, 0.4) is 0 Å². The smallest absolute Gasteiger partial charge is 0.129 e. The molecule has 2 N–H and O–H groups in total. The zero-order valence-electron chi connectivity index (χ0n) is 20.0. The third-order valence-corrected chi connectivity index (χ3v) is 5.21. The number of oxime groups is 1. The van der Waals surface area contributed by atoms with Crippen LogP contribution in [0.15, 0.2) is 46.3 Å². The van der Waals surface area contributed by atoms with Crippen LogP contribution in [0.5, 0.6) is 5.75 Å². The van der Waals surface area contributed by atoms with Crippen LogP contribution in [0.4, 0.5) is 0 Å². The van der Waals surface area contributed by atoms with Crippen molar-refractivity contribution < 1.29 is 9.57 Å². The molecule has 1 aromatic carbocycles. The molecule has 0 aliphatic heterocycles. The monoisotopic (exact) mass is 413 g/mol. The number of nitrogens with two attached hydrogens (primary N) is 1. The van der Waals surface area contributed by atoms with Crippen LogP contribution < -0.4 is 10.6 Å². The van der Waals surface area contributed by atoms with Crippen molar-refractivity contribution in [2.75, 3.05) is 13.7 Å². The maximum absolute atomic E-state index is 6.29. The second kappa shape index (κ2) is 10.2. The highest BCUT2D eigenvalue weighted by atomic mass is 16.6. The SMILES string of the molecule is C/C=C(\C(COc1ccc(/C(C)=N/OC(C)(C)C)cc1C)=C(/CC)N(C)N)C1CC1. The summed E-state index contributed by atoms with van der Waals surface area (Å²) in [6.45, 7) is 14.7. The fraction of sp³-hybridized carbons (Fsp3) is 0.560. The molecule has 30 heavy (non-hydrogen) atoms. The molecular formula is C25H39N3O2. The lowest BCUT2D eigenvalue weighted by Gasteiger charge is -2.23. The van der Waals surface area contributed by atoms with Crippen LogP contribution >= 0.6 is 0 Å². The molecule has 0 unspecified atom stereocenters. The van der Waals surface area contributed by atoms with Gasteiger partial charge in [0.05, 0.1) is 5.71 Å². The van der Waals surface area contributed by atoms with E-state index >= 15 is 0 Å². The van der Waals surface area contributed by atoms with Gasteiger partial charge in [-0.25, -0.2) is 5.84 Å². The minimum atomic E-state index is -0.304. The highest BCUT2D eigenvalue weighted by Crippen LogP contribution is 2.41. The third-order valence-electron chi connectivity index (χ3n) is 5.21. The van der Waals surface area contributed by atoms with E-state index in [0.29, 0.717) is 12.5 Å². The highest BCUT2D eigenvalue weighted by molar-refractivity contribution is 5.98. The van der Waals surface area contributed by atoms with E-state index < -0.39 is 0 Å². The lowest BCUT2D eigenvalue weighted by atomic mass is 9.98. The quantitative estimate of drug-likeness (QED) is 0.243. The summed E-state index contributed by atoms with van der Waals surface area (Å²) in [5.74, 6) is 7.66. The summed E-state index contributed by atoms with van der Waals surface area (Å²) >= 11 is 0. The topological polar surface area (TPSA) is 60.1 Å². The number of hydrogen-bond donors (Lipinski definition) is 1. The van der Waals surface area contributed by atoms with Crippen molar-refractivity contribution in [2.24, 2.45) is 16.9 Å². The fourth-order valence-electron chi connectivity index (χ4n) is 3.50. The summed E-state index contributed by atoms with van der Waals surface area (Å²) in [6.07, 6.45) is 5.59. The maximum atomic E-state index is 6.29. The molecule has 166 valence electrons. The average Bonchev–Trinajstić information content (AvgIpc) is 3.49. The van der Waals surface area contributed by atoms with E-state index in [1.54, 1.807) is 5.01 Å². The normalized spacial score (nSPS) is 16.3. The average molecular weight is 414 g/mol. The van der Waals surface area contributed by atoms with Gasteiger partial charge in [-0.2, -0.15) is 0 Å². The van der Waals surface area contributed by atoms with Crippen LogP contribution in [0, 0.1) is 12.8 Å². The first-order chi connectivity index (χ1) is 14.1. The van der Waals surface area contributed by atoms with Gasteiger partial charge < -0.3 is 14.6 Å². The number of hydrazine groups is 1. The maximum Gasteiger partial charge on any atom is 0.129 e. The van der Waals surface area contributed by atoms with Crippen molar-refractivity contribution >= 4 is 5.71 Å². The van der Waals surface area contributed by atoms with Gasteiger partial charge in [0.15, 0.2) is 0 Å². The Labute approximate surface area is 182 Å². The van der Waals surface area contributed by atoms with Gasteiger partial charge in [0, 0.05) is 18.3 Å². The van der Waals surface area contributed by atoms with Crippen molar-refractivity contribution in [3.05, 3.63) is 52.2 Å². The number of hydrogen-bond acceptors (Lipinski definition) is 5. The molecule has 0 spiro atoms. The lowest BCUT2D eigenvalue weighted by Crippen LogP contribution is -2.28. The van der Waals surface area contributed by atoms with Crippen LogP contribution in [-0.4, -0.2) is 30.0 Å². The molecule has 2 rings (SSSR count). The van der Waals surface area contributed by atoms with Crippen LogP contribution in [-0.2, 0) is 4.84 Å². The molecule has 0 saturated heterocycles. The Balaban J connectivity index is 2.22. The van der Waals surface area contributed by atoms with Crippen molar-refractivity contribution in [1.29, 1.82) is 0 Å². The zero-order valence-corrected chi connectivity index (χ0v) is 20.0. The molecule has 1 aromatic rings. The van der Waals surface area contributed by atoms with Gasteiger partial charge >= 0.3 is 0 Å². The van der Waals surface area contributed by atoms with E-state index in [2.05, 4.69) is 38.1 Å². The molecule has 5 heteroatoms. The Morgan fingerprint density at radius 1 is 1.30 bits per heavy atom. The standard InChI is InChI=1S/C25H39N3O2/c1-9-21(19-11-12-19)22(23(10-2)28(8)26)16-29-24-14-13-20(15-17(24)3)18(4)27-30-25(5,6)7/h9,13-15,19H,10-12,16,26H2,1-8H3/b21-9-,23-22+,27-18+. The van der Waals surface area contributed by atoms with E-state index in [-0.39, 0.29) is 5.60 Å². The largest absolute Gasteiger partial charge is 0.489 e. The van der Waals surface area contributed by atoms with E-state index in [4.69, 9.17) is 15.4 Å². The van der Waals surface area contributed by atoms with Crippen molar-refractivity contribution in [1.82, 2.24) is 5.01 Å². The Hall–Kier alpha value is -2.27. The highest BCUT2D eigenvalue weighted by Gasteiger charge is 2.29. The lowest BCUT2D eigenvalue weighted by molar-refractivity contribution is 0.000954. The molecular weight excluding hydrogens is 374 g/mol. The fourth-order valence-corrected chi connectivity index (χ4v) is 3.50. The first-order valence-electron chi connectivity index (χ1n) is 10.9. The first kappa shape index (κ1) is 24.0. The minimum Gasteiger partial charge on any atom is -0.489 e. The predicted octanol–water partition coefficient (Wildman–Crippen LogP) is 5.74. The summed E-state index contributed by atoms with van der Waals surface area (Å²) < 4.78 is 6.29. The Morgan fingerprint density at radius 3 is 2.43 bits per heavy atom.